The normalized spacial score (nSPS) is 29.3. The molecule has 1 aliphatic heterocycles. The quantitative estimate of drug-likeness (QED) is 0.788. The summed E-state index contributed by atoms with van der Waals surface area (Å²) in [5, 5.41) is 22.1. The van der Waals surface area contributed by atoms with E-state index in [0.29, 0.717) is 11.8 Å². The Labute approximate surface area is 179 Å². The molecule has 0 amide bonds. The number of phenols is 1. The number of aromatic hydroxyl groups is 1. The van der Waals surface area contributed by atoms with Crippen LogP contribution < -0.4 is 9.64 Å². The van der Waals surface area contributed by atoms with Crippen LogP contribution in [0.25, 0.3) is 0 Å². The Morgan fingerprint density at radius 1 is 1.17 bits per heavy atom. The first-order valence-electron chi connectivity index (χ1n) is 11.0. The lowest BCUT2D eigenvalue weighted by Crippen LogP contribution is -2.64. The molecule has 162 valence electrons. The number of methoxy groups -OCH3 is 1. The number of anilines is 1. The van der Waals surface area contributed by atoms with E-state index >= 15 is 0 Å². The summed E-state index contributed by atoms with van der Waals surface area (Å²) in [6, 6.07) is 16.6. The summed E-state index contributed by atoms with van der Waals surface area (Å²) in [5.41, 5.74) is 1.57. The molecule has 0 bridgehead atoms. The van der Waals surface area contributed by atoms with Crippen molar-refractivity contribution in [1.82, 2.24) is 4.90 Å². The van der Waals surface area contributed by atoms with Gasteiger partial charge < -0.3 is 24.7 Å². The van der Waals surface area contributed by atoms with E-state index in [2.05, 4.69) is 54.2 Å². The molecule has 4 rings (SSSR count). The Hall–Kier alpha value is -2.24. The molecule has 3 unspecified atom stereocenters. The lowest BCUT2D eigenvalue weighted by Gasteiger charge is -2.55. The third-order valence-electron chi connectivity index (χ3n) is 7.46. The van der Waals surface area contributed by atoms with Crippen molar-refractivity contribution in [3.05, 3.63) is 54.1 Å². The van der Waals surface area contributed by atoms with Crippen molar-refractivity contribution in [2.75, 3.05) is 32.6 Å². The first-order chi connectivity index (χ1) is 14.4. The molecule has 4 atom stereocenters. The molecule has 5 heteroatoms. The molecule has 2 aromatic rings. The second kappa shape index (κ2) is 8.48. The van der Waals surface area contributed by atoms with Crippen LogP contribution in [0.15, 0.2) is 48.5 Å². The van der Waals surface area contributed by atoms with Crippen molar-refractivity contribution in [2.24, 2.45) is 5.92 Å². The summed E-state index contributed by atoms with van der Waals surface area (Å²) in [7, 11) is 5.85. The number of nitrogens with zero attached hydrogens (tertiary/aromatic N) is 2. The number of likely N-dealkylation sites (N-methyl/N-ethyl adjacent to an activating group) is 1. The zero-order chi connectivity index (χ0) is 21.3. The van der Waals surface area contributed by atoms with E-state index in [-0.39, 0.29) is 17.7 Å². The third-order valence-corrected chi connectivity index (χ3v) is 7.46. The fourth-order valence-corrected chi connectivity index (χ4v) is 5.60. The summed E-state index contributed by atoms with van der Waals surface area (Å²) in [6.45, 7) is 0.988. The number of hydrogen-bond donors (Lipinski definition) is 2. The molecule has 30 heavy (non-hydrogen) atoms. The highest BCUT2D eigenvalue weighted by Crippen LogP contribution is 2.45. The molecular weight excluding hydrogens is 376 g/mol. The van der Waals surface area contributed by atoms with Gasteiger partial charge in [0, 0.05) is 24.8 Å². The van der Waals surface area contributed by atoms with Crippen LogP contribution in [-0.2, 0) is 6.42 Å². The highest BCUT2D eigenvalue weighted by atomic mass is 16.5. The van der Waals surface area contributed by atoms with E-state index < -0.39 is 5.60 Å². The molecule has 5 nitrogen and oxygen atoms in total. The van der Waals surface area contributed by atoms with E-state index in [9.17, 15) is 10.2 Å². The topological polar surface area (TPSA) is 56.2 Å². The van der Waals surface area contributed by atoms with E-state index in [1.165, 1.54) is 5.69 Å². The van der Waals surface area contributed by atoms with Gasteiger partial charge in [-0.3, -0.25) is 0 Å². The SMILES string of the molecule is COc1ccc(C[C@H]2N(C)CCC3CC(N(C)c4ccccc4)CCC32O)cc1O. The van der Waals surface area contributed by atoms with Gasteiger partial charge in [0.25, 0.3) is 0 Å². The van der Waals surface area contributed by atoms with Gasteiger partial charge >= 0.3 is 0 Å². The minimum Gasteiger partial charge on any atom is -0.504 e. The van der Waals surface area contributed by atoms with Crippen LogP contribution in [0.1, 0.15) is 31.2 Å². The van der Waals surface area contributed by atoms with Crippen molar-refractivity contribution in [1.29, 1.82) is 0 Å². The van der Waals surface area contributed by atoms with E-state index in [1.54, 1.807) is 19.2 Å². The smallest absolute Gasteiger partial charge is 0.160 e. The van der Waals surface area contributed by atoms with Gasteiger partial charge in [-0.2, -0.15) is 0 Å². The van der Waals surface area contributed by atoms with Gasteiger partial charge in [0.15, 0.2) is 11.5 Å². The van der Waals surface area contributed by atoms with E-state index in [4.69, 9.17) is 4.74 Å². The first kappa shape index (κ1) is 21.0. The van der Waals surface area contributed by atoms with Gasteiger partial charge in [-0.05, 0) is 81.4 Å². The summed E-state index contributed by atoms with van der Waals surface area (Å²) >= 11 is 0. The fourth-order valence-electron chi connectivity index (χ4n) is 5.60. The largest absolute Gasteiger partial charge is 0.504 e. The van der Waals surface area contributed by atoms with Crippen LogP contribution in [0.4, 0.5) is 5.69 Å². The van der Waals surface area contributed by atoms with Crippen LogP contribution in [-0.4, -0.2) is 60.5 Å². The standard InChI is InChI=1S/C25H34N2O3/c1-26-14-12-19-17-21(27(2)20-7-5-4-6-8-20)11-13-25(19,29)24(26)16-18-9-10-23(30-3)22(28)15-18/h4-10,15,19,21,24,28-29H,11-14,16-17H2,1-3H3/t19?,21?,24-,25?/m1/s1. The average molecular weight is 411 g/mol. The number of ether oxygens (including phenoxy) is 1. The summed E-state index contributed by atoms with van der Waals surface area (Å²) in [5.74, 6) is 0.928. The number of aliphatic hydroxyl groups is 1. The number of para-hydroxylation sites is 1. The van der Waals surface area contributed by atoms with Gasteiger partial charge in [-0.1, -0.05) is 24.3 Å². The average Bonchev–Trinajstić information content (AvgIpc) is 2.76. The number of piperidine rings is 1. The van der Waals surface area contributed by atoms with Crippen LogP contribution in [0, 0.1) is 5.92 Å². The van der Waals surface area contributed by atoms with Crippen molar-refractivity contribution in [3.8, 4) is 11.5 Å². The van der Waals surface area contributed by atoms with Gasteiger partial charge in [0.2, 0.25) is 0 Å². The zero-order valence-electron chi connectivity index (χ0n) is 18.3. The molecule has 0 radical (unpaired) electrons. The number of likely N-dealkylation sites (tertiary alicyclic amines) is 1. The zero-order valence-corrected chi connectivity index (χ0v) is 18.3. The predicted molar refractivity (Wildman–Crippen MR) is 120 cm³/mol. The summed E-state index contributed by atoms with van der Waals surface area (Å²) < 4.78 is 5.17. The van der Waals surface area contributed by atoms with Crippen molar-refractivity contribution >= 4 is 5.69 Å². The molecule has 2 fully saturated rings. The van der Waals surface area contributed by atoms with Crippen molar-refractivity contribution < 1.29 is 14.9 Å². The highest BCUT2D eigenvalue weighted by molar-refractivity contribution is 5.46. The number of rotatable bonds is 5. The Bertz CT molecular complexity index is 859. The molecule has 1 saturated heterocycles. The maximum absolute atomic E-state index is 11.9. The maximum atomic E-state index is 11.9. The summed E-state index contributed by atoms with van der Waals surface area (Å²) in [4.78, 5) is 4.69. The Kier molecular flexibility index (Phi) is 5.94. The summed E-state index contributed by atoms with van der Waals surface area (Å²) in [6.07, 6.45) is 4.55. The predicted octanol–water partition coefficient (Wildman–Crippen LogP) is 3.68. The number of hydrogen-bond acceptors (Lipinski definition) is 5. The van der Waals surface area contributed by atoms with E-state index in [1.807, 2.05) is 6.07 Å². The lowest BCUT2D eigenvalue weighted by atomic mass is 9.64. The molecule has 2 aromatic carbocycles. The lowest BCUT2D eigenvalue weighted by molar-refractivity contribution is -0.137. The van der Waals surface area contributed by atoms with Crippen LogP contribution in [0.5, 0.6) is 11.5 Å². The minimum absolute atomic E-state index is 0.0482. The molecule has 1 aliphatic carbocycles. The monoisotopic (exact) mass is 410 g/mol. The highest BCUT2D eigenvalue weighted by Gasteiger charge is 2.51. The van der Waals surface area contributed by atoms with Crippen LogP contribution in [0.3, 0.4) is 0 Å². The Morgan fingerprint density at radius 2 is 1.93 bits per heavy atom. The van der Waals surface area contributed by atoms with Gasteiger partial charge in [0.1, 0.15) is 0 Å². The maximum Gasteiger partial charge on any atom is 0.160 e. The third kappa shape index (κ3) is 3.88. The first-order valence-corrected chi connectivity index (χ1v) is 11.0. The van der Waals surface area contributed by atoms with Gasteiger partial charge in [0.05, 0.1) is 12.7 Å². The van der Waals surface area contributed by atoms with Gasteiger partial charge in [-0.15, -0.1) is 0 Å². The van der Waals surface area contributed by atoms with Crippen LogP contribution in [0.2, 0.25) is 0 Å². The van der Waals surface area contributed by atoms with Crippen molar-refractivity contribution in [3.63, 3.8) is 0 Å². The van der Waals surface area contributed by atoms with E-state index in [0.717, 1.165) is 44.2 Å². The van der Waals surface area contributed by atoms with Crippen LogP contribution >= 0.6 is 0 Å². The Morgan fingerprint density at radius 3 is 2.63 bits per heavy atom. The number of fused-ring (bicyclic) bond motifs is 1. The molecule has 2 N–H and O–H groups in total. The molecule has 1 saturated carbocycles. The molecule has 0 aromatic heterocycles. The minimum atomic E-state index is -0.698. The number of phenolic OH excluding ortho intramolecular Hbond substituents is 1. The Balaban J connectivity index is 1.51. The molecule has 2 aliphatic rings. The molecule has 1 heterocycles. The second-order valence-electron chi connectivity index (χ2n) is 9.06. The van der Waals surface area contributed by atoms with Gasteiger partial charge in [-0.25, -0.2) is 0 Å². The number of benzene rings is 2. The van der Waals surface area contributed by atoms with Crippen molar-refractivity contribution in [2.45, 2.75) is 49.8 Å². The molecular formula is C25H34N2O3. The molecule has 0 spiro atoms. The second-order valence-corrected chi connectivity index (χ2v) is 9.06. The fraction of sp³-hybridized carbons (Fsp3) is 0.520.